The second-order valence-corrected chi connectivity index (χ2v) is 5.02. The minimum Gasteiger partial charge on any atom is -0.355 e. The number of carbonyl (C=O) groups excluding carboxylic acids is 2. The van der Waals surface area contributed by atoms with Gasteiger partial charge in [-0.25, -0.2) is 0 Å². The first-order valence-electron chi connectivity index (χ1n) is 5.96. The average molecular weight is 318 g/mol. The number of hydrogen-bond donors (Lipinski definition) is 3. The van der Waals surface area contributed by atoms with Gasteiger partial charge in [-0.2, -0.15) is 11.8 Å². The van der Waals surface area contributed by atoms with Crippen molar-refractivity contribution >= 4 is 41.7 Å². The lowest BCUT2D eigenvalue weighted by Crippen LogP contribution is -2.36. The molecular formula is C13H20ClN3O2S. The molecule has 0 unspecified atom stereocenters. The molecule has 20 heavy (non-hydrogen) atoms. The summed E-state index contributed by atoms with van der Waals surface area (Å²) in [6.45, 7) is 0. The van der Waals surface area contributed by atoms with Gasteiger partial charge in [0.15, 0.2) is 0 Å². The fourth-order valence-corrected chi connectivity index (χ4v) is 1.98. The molecule has 0 saturated heterocycles. The lowest BCUT2D eigenvalue weighted by molar-refractivity contribution is -0.117. The molecule has 5 nitrogen and oxygen atoms in total. The molecule has 0 aromatic heterocycles. The molecule has 112 valence electrons. The van der Waals surface area contributed by atoms with Crippen molar-refractivity contribution in [3.63, 3.8) is 0 Å². The highest BCUT2D eigenvalue weighted by Crippen LogP contribution is 2.11. The van der Waals surface area contributed by atoms with Crippen molar-refractivity contribution in [2.45, 2.75) is 12.5 Å². The zero-order valence-corrected chi connectivity index (χ0v) is 13.1. The fraction of sp³-hybridized carbons (Fsp3) is 0.385. The molecule has 0 heterocycles. The lowest BCUT2D eigenvalue weighted by atomic mass is 10.1. The third-order valence-corrected chi connectivity index (χ3v) is 3.23. The van der Waals surface area contributed by atoms with Crippen molar-refractivity contribution in [2.24, 2.45) is 5.73 Å². The van der Waals surface area contributed by atoms with Crippen LogP contribution in [0.15, 0.2) is 24.3 Å². The van der Waals surface area contributed by atoms with E-state index in [4.69, 9.17) is 5.73 Å². The molecular weight excluding hydrogens is 298 g/mol. The first kappa shape index (κ1) is 18.8. The molecule has 0 aliphatic heterocycles. The number of carbonyl (C=O) groups is 2. The van der Waals surface area contributed by atoms with Crippen LogP contribution in [-0.4, -0.2) is 36.9 Å². The van der Waals surface area contributed by atoms with Gasteiger partial charge in [0, 0.05) is 18.3 Å². The highest BCUT2D eigenvalue weighted by Gasteiger charge is 2.13. The molecule has 0 bridgehead atoms. The van der Waals surface area contributed by atoms with Gasteiger partial charge in [0.25, 0.3) is 5.91 Å². The van der Waals surface area contributed by atoms with Crippen molar-refractivity contribution in [3.05, 3.63) is 29.8 Å². The largest absolute Gasteiger partial charge is 0.355 e. The van der Waals surface area contributed by atoms with Gasteiger partial charge in [-0.3, -0.25) is 9.59 Å². The smallest absolute Gasteiger partial charge is 0.251 e. The monoisotopic (exact) mass is 317 g/mol. The van der Waals surface area contributed by atoms with E-state index in [9.17, 15) is 9.59 Å². The second-order valence-electron chi connectivity index (χ2n) is 4.04. The highest BCUT2D eigenvalue weighted by atomic mass is 35.5. The highest BCUT2D eigenvalue weighted by molar-refractivity contribution is 7.98. The van der Waals surface area contributed by atoms with E-state index in [1.54, 1.807) is 43.1 Å². The van der Waals surface area contributed by atoms with Gasteiger partial charge < -0.3 is 16.4 Å². The summed E-state index contributed by atoms with van der Waals surface area (Å²) in [5, 5.41) is 5.25. The topological polar surface area (TPSA) is 84.2 Å². The Morgan fingerprint density at radius 1 is 1.40 bits per heavy atom. The number of nitrogens with two attached hydrogens (primary N) is 1. The molecule has 0 aliphatic carbocycles. The van der Waals surface area contributed by atoms with E-state index in [-0.39, 0.29) is 24.2 Å². The molecule has 0 aliphatic rings. The number of anilines is 1. The first-order chi connectivity index (χ1) is 9.08. The predicted octanol–water partition coefficient (Wildman–Crippen LogP) is 1.49. The number of halogens is 1. The molecule has 1 aromatic carbocycles. The minimum absolute atomic E-state index is 0. The normalized spacial score (nSPS) is 11.2. The minimum atomic E-state index is -0.531. The van der Waals surface area contributed by atoms with Crippen LogP contribution in [0.25, 0.3) is 0 Å². The molecule has 0 saturated carbocycles. The van der Waals surface area contributed by atoms with Crippen LogP contribution in [0, 0.1) is 0 Å². The van der Waals surface area contributed by atoms with Crippen molar-refractivity contribution in [3.8, 4) is 0 Å². The van der Waals surface area contributed by atoms with Crippen LogP contribution in [0.4, 0.5) is 5.69 Å². The van der Waals surface area contributed by atoms with Gasteiger partial charge in [-0.15, -0.1) is 12.4 Å². The number of benzene rings is 1. The maximum atomic E-state index is 11.8. The Morgan fingerprint density at radius 2 is 2.10 bits per heavy atom. The Kier molecular flexibility index (Phi) is 9.03. The molecule has 0 radical (unpaired) electrons. The van der Waals surface area contributed by atoms with Crippen molar-refractivity contribution in [1.29, 1.82) is 0 Å². The van der Waals surface area contributed by atoms with Crippen LogP contribution in [0.3, 0.4) is 0 Å². The summed E-state index contributed by atoms with van der Waals surface area (Å²) in [4.78, 5) is 23.3. The number of nitrogens with one attached hydrogen (secondary N) is 2. The fourth-order valence-electron chi connectivity index (χ4n) is 1.49. The van der Waals surface area contributed by atoms with E-state index in [0.29, 0.717) is 17.7 Å². The molecule has 2 amide bonds. The lowest BCUT2D eigenvalue weighted by Gasteiger charge is -2.12. The Hall–Kier alpha value is -1.24. The first-order valence-corrected chi connectivity index (χ1v) is 7.35. The van der Waals surface area contributed by atoms with Crippen LogP contribution >= 0.6 is 24.2 Å². The molecule has 1 rings (SSSR count). The Bertz CT molecular complexity index is 457. The SMILES string of the molecule is CNC(=O)c1cccc(NC(=O)[C@@H](N)CCSC)c1.Cl. The zero-order valence-electron chi connectivity index (χ0n) is 11.5. The van der Waals surface area contributed by atoms with Gasteiger partial charge in [0.2, 0.25) is 5.91 Å². The Labute approximate surface area is 129 Å². The van der Waals surface area contributed by atoms with E-state index >= 15 is 0 Å². The van der Waals surface area contributed by atoms with Gasteiger partial charge in [0.05, 0.1) is 6.04 Å². The predicted molar refractivity (Wildman–Crippen MR) is 86.7 cm³/mol. The van der Waals surface area contributed by atoms with E-state index in [1.807, 2.05) is 6.26 Å². The van der Waals surface area contributed by atoms with Crippen LogP contribution in [0.5, 0.6) is 0 Å². The van der Waals surface area contributed by atoms with E-state index in [0.717, 1.165) is 5.75 Å². The van der Waals surface area contributed by atoms with E-state index < -0.39 is 6.04 Å². The van der Waals surface area contributed by atoms with Gasteiger partial charge in [0.1, 0.15) is 0 Å². The van der Waals surface area contributed by atoms with E-state index in [2.05, 4.69) is 10.6 Å². The standard InChI is InChI=1S/C13H19N3O2S.ClH/c1-15-12(17)9-4-3-5-10(8-9)16-13(18)11(14)6-7-19-2;/h3-5,8,11H,6-7,14H2,1-2H3,(H,15,17)(H,16,18);1H/t11-;/m0./s1. The van der Waals surface area contributed by atoms with Crippen LogP contribution in [0.1, 0.15) is 16.8 Å². The van der Waals surface area contributed by atoms with E-state index in [1.165, 1.54) is 0 Å². The Morgan fingerprint density at radius 3 is 2.70 bits per heavy atom. The summed E-state index contributed by atoms with van der Waals surface area (Å²) in [5.41, 5.74) is 6.84. The summed E-state index contributed by atoms with van der Waals surface area (Å²) < 4.78 is 0. The number of thioether (sulfide) groups is 1. The average Bonchev–Trinajstić information content (AvgIpc) is 2.44. The number of amides is 2. The van der Waals surface area contributed by atoms with Gasteiger partial charge in [-0.05, 0) is 36.6 Å². The summed E-state index contributed by atoms with van der Waals surface area (Å²) >= 11 is 1.65. The van der Waals surface area contributed by atoms with Crippen molar-refractivity contribution in [1.82, 2.24) is 5.32 Å². The van der Waals surface area contributed by atoms with Crippen LogP contribution < -0.4 is 16.4 Å². The summed E-state index contributed by atoms with van der Waals surface area (Å²) in [6.07, 6.45) is 2.60. The molecule has 1 aromatic rings. The summed E-state index contributed by atoms with van der Waals surface area (Å²) in [5.74, 6) is 0.415. The van der Waals surface area contributed by atoms with Gasteiger partial charge in [-0.1, -0.05) is 6.07 Å². The second kappa shape index (κ2) is 9.63. The molecule has 1 atom stereocenters. The van der Waals surface area contributed by atoms with Crippen LogP contribution in [0.2, 0.25) is 0 Å². The zero-order chi connectivity index (χ0) is 14.3. The van der Waals surface area contributed by atoms with Crippen molar-refractivity contribution in [2.75, 3.05) is 24.4 Å². The maximum absolute atomic E-state index is 11.8. The summed E-state index contributed by atoms with van der Waals surface area (Å²) in [6, 6.07) is 6.22. The van der Waals surface area contributed by atoms with Crippen molar-refractivity contribution < 1.29 is 9.59 Å². The molecule has 7 heteroatoms. The third-order valence-electron chi connectivity index (χ3n) is 2.59. The van der Waals surface area contributed by atoms with Crippen LogP contribution in [-0.2, 0) is 4.79 Å². The maximum Gasteiger partial charge on any atom is 0.251 e. The molecule has 4 N–H and O–H groups in total. The summed E-state index contributed by atoms with van der Waals surface area (Å²) in [7, 11) is 1.56. The third kappa shape index (κ3) is 5.81. The molecule has 0 fully saturated rings. The van der Waals surface area contributed by atoms with Gasteiger partial charge >= 0.3 is 0 Å². The quantitative estimate of drug-likeness (QED) is 0.742. The molecule has 0 spiro atoms. The number of rotatable bonds is 6. The Balaban J connectivity index is 0.00000361. The number of hydrogen-bond acceptors (Lipinski definition) is 4.